The van der Waals surface area contributed by atoms with E-state index in [0.29, 0.717) is 23.4 Å². The molecule has 1 aliphatic rings. The average molecular weight is 228 g/mol. The van der Waals surface area contributed by atoms with Gasteiger partial charge in [-0.15, -0.1) is 11.8 Å². The van der Waals surface area contributed by atoms with Gasteiger partial charge in [0.1, 0.15) is 6.10 Å². The molecule has 2 unspecified atom stereocenters. The van der Waals surface area contributed by atoms with Gasteiger partial charge in [-0.05, 0) is 25.0 Å². The van der Waals surface area contributed by atoms with Gasteiger partial charge in [0.05, 0.1) is 5.25 Å². The lowest BCUT2D eigenvalue weighted by molar-refractivity contribution is 0.159. The largest absolute Gasteiger partial charge is 0.385 e. The molecule has 1 aromatic heterocycles. The Morgan fingerprint density at radius 1 is 1.60 bits per heavy atom. The van der Waals surface area contributed by atoms with Crippen LogP contribution in [0, 0.1) is 0 Å². The van der Waals surface area contributed by atoms with Gasteiger partial charge in [-0.25, -0.2) is 0 Å². The van der Waals surface area contributed by atoms with Crippen molar-refractivity contribution in [3.05, 3.63) is 11.7 Å². The van der Waals surface area contributed by atoms with Crippen molar-refractivity contribution in [1.29, 1.82) is 0 Å². The van der Waals surface area contributed by atoms with Crippen LogP contribution in [0.5, 0.6) is 0 Å². The van der Waals surface area contributed by atoms with Crippen molar-refractivity contribution < 1.29 is 9.63 Å². The molecule has 0 radical (unpaired) electrons. The molecule has 2 heterocycles. The summed E-state index contributed by atoms with van der Waals surface area (Å²) in [4.78, 5) is 4.26. The number of aliphatic hydroxyl groups is 1. The predicted octanol–water partition coefficient (Wildman–Crippen LogP) is 2.47. The van der Waals surface area contributed by atoms with Gasteiger partial charge in [0, 0.05) is 0 Å². The number of nitrogens with zero attached hydrogens (tertiary/aromatic N) is 2. The zero-order chi connectivity index (χ0) is 10.7. The Bertz CT molecular complexity index is 310. The van der Waals surface area contributed by atoms with Crippen molar-refractivity contribution in [2.75, 3.05) is 5.75 Å². The van der Waals surface area contributed by atoms with Crippen LogP contribution in [-0.2, 0) is 0 Å². The van der Waals surface area contributed by atoms with Crippen LogP contribution in [0.3, 0.4) is 0 Å². The minimum absolute atomic E-state index is 0.337. The first-order chi connectivity index (χ1) is 7.31. The molecular weight excluding hydrogens is 212 g/mol. The number of hydrogen-bond donors (Lipinski definition) is 1. The lowest BCUT2D eigenvalue weighted by Crippen LogP contribution is -2.03. The van der Waals surface area contributed by atoms with E-state index in [-0.39, 0.29) is 0 Å². The van der Waals surface area contributed by atoms with Crippen molar-refractivity contribution in [2.24, 2.45) is 0 Å². The molecule has 5 heteroatoms. The number of hydrogen-bond acceptors (Lipinski definition) is 5. The summed E-state index contributed by atoms with van der Waals surface area (Å²) in [5.41, 5.74) is 0. The molecule has 0 aromatic carbocycles. The molecule has 0 aliphatic carbocycles. The molecule has 1 aliphatic heterocycles. The number of aliphatic hydroxyl groups excluding tert-OH is 1. The van der Waals surface area contributed by atoms with Gasteiger partial charge in [0.25, 0.3) is 0 Å². The molecule has 84 valence electrons. The Labute approximate surface area is 93.4 Å². The first-order valence-corrected chi connectivity index (χ1v) is 6.49. The van der Waals surface area contributed by atoms with E-state index in [2.05, 4.69) is 10.1 Å². The molecule has 0 amide bonds. The SMILES string of the molecule is CCC(O)c1noc(C2CCCCS2)n1. The Kier molecular flexibility index (Phi) is 3.64. The van der Waals surface area contributed by atoms with Gasteiger partial charge in [0.15, 0.2) is 5.82 Å². The van der Waals surface area contributed by atoms with Crippen LogP contribution in [0.1, 0.15) is 55.7 Å². The second-order valence-electron chi connectivity index (χ2n) is 3.77. The highest BCUT2D eigenvalue weighted by Gasteiger charge is 2.23. The second kappa shape index (κ2) is 4.99. The summed E-state index contributed by atoms with van der Waals surface area (Å²) in [5.74, 6) is 2.28. The fraction of sp³-hybridized carbons (Fsp3) is 0.800. The van der Waals surface area contributed by atoms with Gasteiger partial charge in [-0.1, -0.05) is 18.5 Å². The molecule has 15 heavy (non-hydrogen) atoms. The third-order valence-corrected chi connectivity index (χ3v) is 3.96. The van der Waals surface area contributed by atoms with Crippen LogP contribution in [0.15, 0.2) is 4.52 Å². The van der Waals surface area contributed by atoms with Gasteiger partial charge in [-0.2, -0.15) is 4.98 Å². The quantitative estimate of drug-likeness (QED) is 0.861. The molecule has 4 nitrogen and oxygen atoms in total. The Morgan fingerprint density at radius 2 is 2.47 bits per heavy atom. The van der Waals surface area contributed by atoms with Crippen LogP contribution in [0.25, 0.3) is 0 Å². The lowest BCUT2D eigenvalue weighted by Gasteiger charge is -2.16. The van der Waals surface area contributed by atoms with E-state index in [4.69, 9.17) is 4.52 Å². The van der Waals surface area contributed by atoms with Gasteiger partial charge < -0.3 is 9.63 Å². The van der Waals surface area contributed by atoms with Crippen LogP contribution >= 0.6 is 11.8 Å². The topological polar surface area (TPSA) is 59.2 Å². The van der Waals surface area contributed by atoms with E-state index >= 15 is 0 Å². The van der Waals surface area contributed by atoms with Crippen molar-refractivity contribution in [3.8, 4) is 0 Å². The highest BCUT2D eigenvalue weighted by Crippen LogP contribution is 2.37. The van der Waals surface area contributed by atoms with Crippen LogP contribution in [0.4, 0.5) is 0 Å². The molecule has 2 atom stereocenters. The summed E-state index contributed by atoms with van der Waals surface area (Å²) < 4.78 is 5.19. The summed E-state index contributed by atoms with van der Waals surface area (Å²) in [6.45, 7) is 1.90. The first-order valence-electron chi connectivity index (χ1n) is 5.44. The second-order valence-corrected chi connectivity index (χ2v) is 5.08. The van der Waals surface area contributed by atoms with Crippen molar-refractivity contribution >= 4 is 11.8 Å². The highest BCUT2D eigenvalue weighted by molar-refractivity contribution is 7.99. The molecule has 2 rings (SSSR count). The van der Waals surface area contributed by atoms with E-state index in [1.807, 2.05) is 18.7 Å². The fourth-order valence-corrected chi connectivity index (χ4v) is 2.86. The highest BCUT2D eigenvalue weighted by atomic mass is 32.2. The Morgan fingerprint density at radius 3 is 3.13 bits per heavy atom. The molecule has 1 saturated heterocycles. The van der Waals surface area contributed by atoms with Crippen LogP contribution in [-0.4, -0.2) is 21.0 Å². The van der Waals surface area contributed by atoms with E-state index in [1.54, 1.807) is 0 Å². The zero-order valence-electron chi connectivity index (χ0n) is 8.85. The Balaban J connectivity index is 2.05. The summed E-state index contributed by atoms with van der Waals surface area (Å²) >= 11 is 1.87. The van der Waals surface area contributed by atoms with E-state index < -0.39 is 6.10 Å². The molecule has 0 bridgehead atoms. The average Bonchev–Trinajstić information content (AvgIpc) is 2.78. The van der Waals surface area contributed by atoms with Crippen molar-refractivity contribution in [1.82, 2.24) is 10.1 Å². The zero-order valence-corrected chi connectivity index (χ0v) is 9.66. The van der Waals surface area contributed by atoms with E-state index in [0.717, 1.165) is 6.42 Å². The summed E-state index contributed by atoms with van der Waals surface area (Å²) in [5, 5.41) is 13.7. The molecule has 1 aromatic rings. The third-order valence-electron chi connectivity index (χ3n) is 2.60. The standard InChI is InChI=1S/C10H16N2O2S/c1-2-7(13)9-11-10(14-12-9)8-5-3-4-6-15-8/h7-8,13H,2-6H2,1H3. The Hall–Kier alpha value is -0.550. The minimum Gasteiger partial charge on any atom is -0.385 e. The number of thioether (sulfide) groups is 1. The normalized spacial score (nSPS) is 24.0. The monoisotopic (exact) mass is 228 g/mol. The maximum absolute atomic E-state index is 9.55. The number of aromatic nitrogens is 2. The van der Waals surface area contributed by atoms with Gasteiger partial charge >= 0.3 is 0 Å². The summed E-state index contributed by atoms with van der Waals surface area (Å²) in [6, 6.07) is 0. The third kappa shape index (κ3) is 2.52. The maximum Gasteiger partial charge on any atom is 0.239 e. The molecule has 1 N–H and O–H groups in total. The smallest absolute Gasteiger partial charge is 0.239 e. The maximum atomic E-state index is 9.55. The molecule has 1 fully saturated rings. The molecule has 0 saturated carbocycles. The molecule has 0 spiro atoms. The minimum atomic E-state index is -0.587. The number of rotatable bonds is 3. The summed E-state index contributed by atoms with van der Waals surface area (Å²) in [7, 11) is 0. The lowest BCUT2D eigenvalue weighted by atomic mass is 10.2. The van der Waals surface area contributed by atoms with Gasteiger partial charge in [-0.3, -0.25) is 0 Å². The fourth-order valence-electron chi connectivity index (χ4n) is 1.63. The van der Waals surface area contributed by atoms with Crippen molar-refractivity contribution in [3.63, 3.8) is 0 Å². The van der Waals surface area contributed by atoms with E-state index in [1.165, 1.54) is 18.6 Å². The van der Waals surface area contributed by atoms with Crippen LogP contribution in [0.2, 0.25) is 0 Å². The molecular formula is C10H16N2O2S. The van der Waals surface area contributed by atoms with Gasteiger partial charge in [0.2, 0.25) is 5.89 Å². The first kappa shape index (κ1) is 11.0. The van der Waals surface area contributed by atoms with Crippen molar-refractivity contribution in [2.45, 2.75) is 44.0 Å². The van der Waals surface area contributed by atoms with Crippen LogP contribution < -0.4 is 0 Å². The summed E-state index contributed by atoms with van der Waals surface area (Å²) in [6.07, 6.45) is 3.65. The van der Waals surface area contributed by atoms with E-state index in [9.17, 15) is 5.11 Å². The predicted molar refractivity (Wildman–Crippen MR) is 58.6 cm³/mol.